The number of benzene rings is 1. The zero-order valence-electron chi connectivity index (χ0n) is 14.3. The van der Waals surface area contributed by atoms with Gasteiger partial charge in [0, 0.05) is 0 Å². The van der Waals surface area contributed by atoms with Crippen LogP contribution in [-0.4, -0.2) is 38.5 Å². The van der Waals surface area contributed by atoms with Gasteiger partial charge in [-0.2, -0.15) is 0 Å². The van der Waals surface area contributed by atoms with Gasteiger partial charge in [-0.25, -0.2) is 0 Å². The summed E-state index contributed by atoms with van der Waals surface area (Å²) in [7, 11) is 1.55. The molecule has 0 saturated carbocycles. The number of para-hydroxylation sites is 1. The van der Waals surface area contributed by atoms with Crippen LogP contribution in [0, 0.1) is 0 Å². The van der Waals surface area contributed by atoms with Crippen molar-refractivity contribution < 1.29 is 19.1 Å². The van der Waals surface area contributed by atoms with Crippen LogP contribution in [0.2, 0.25) is 0 Å². The predicted molar refractivity (Wildman–Crippen MR) is 90.5 cm³/mol. The van der Waals surface area contributed by atoms with E-state index < -0.39 is 0 Å². The summed E-state index contributed by atoms with van der Waals surface area (Å²) in [6, 6.07) is 5.24. The summed E-state index contributed by atoms with van der Waals surface area (Å²) in [5.41, 5.74) is 1.37. The van der Waals surface area contributed by atoms with Gasteiger partial charge in [0.25, 0.3) is 5.91 Å². The number of hydrogen-bond donors (Lipinski definition) is 1. The highest BCUT2D eigenvalue weighted by molar-refractivity contribution is 5.97. The molecule has 1 amide bonds. The van der Waals surface area contributed by atoms with Crippen LogP contribution in [0.25, 0.3) is 0 Å². The highest BCUT2D eigenvalue weighted by Gasteiger charge is 2.16. The second-order valence-electron chi connectivity index (χ2n) is 4.95. The highest BCUT2D eigenvalue weighted by Crippen LogP contribution is 2.31. The molecule has 0 spiro atoms. The molecule has 6 nitrogen and oxygen atoms in total. The standard InChI is InChI=1S/C17H26N2O4/c1-5-11-22-16-14(8-7-9-15(16)21-4)17(20)18-10-12-23-19-13(3)6-2/h7-9H,5-6,10-12H2,1-4H3,(H,18,20)/b19-13+. The second-order valence-corrected chi connectivity index (χ2v) is 4.95. The van der Waals surface area contributed by atoms with E-state index in [4.69, 9.17) is 14.3 Å². The Hall–Kier alpha value is -2.24. The summed E-state index contributed by atoms with van der Waals surface area (Å²) < 4.78 is 10.9. The Morgan fingerprint density at radius 3 is 2.70 bits per heavy atom. The van der Waals surface area contributed by atoms with Crippen LogP contribution in [0.1, 0.15) is 44.0 Å². The summed E-state index contributed by atoms with van der Waals surface area (Å²) in [5.74, 6) is 0.787. The fourth-order valence-corrected chi connectivity index (χ4v) is 1.73. The molecule has 0 bridgehead atoms. The van der Waals surface area contributed by atoms with E-state index in [1.165, 1.54) is 0 Å². The quantitative estimate of drug-likeness (QED) is 0.408. The van der Waals surface area contributed by atoms with Gasteiger partial charge in [-0.15, -0.1) is 0 Å². The van der Waals surface area contributed by atoms with E-state index in [2.05, 4.69) is 10.5 Å². The number of carbonyl (C=O) groups is 1. The summed E-state index contributed by atoms with van der Waals surface area (Å²) in [6.45, 7) is 7.11. The molecule has 0 radical (unpaired) electrons. The van der Waals surface area contributed by atoms with Crippen molar-refractivity contribution in [3.05, 3.63) is 23.8 Å². The van der Waals surface area contributed by atoms with Crippen LogP contribution >= 0.6 is 0 Å². The van der Waals surface area contributed by atoms with E-state index in [-0.39, 0.29) is 5.91 Å². The van der Waals surface area contributed by atoms with Crippen LogP contribution < -0.4 is 14.8 Å². The third kappa shape index (κ3) is 6.18. The second kappa shape index (κ2) is 10.5. The summed E-state index contributed by atoms with van der Waals surface area (Å²) in [4.78, 5) is 17.4. The minimum atomic E-state index is -0.227. The number of nitrogens with zero attached hydrogens (tertiary/aromatic N) is 1. The number of methoxy groups -OCH3 is 1. The van der Waals surface area contributed by atoms with Gasteiger partial charge in [-0.05, 0) is 31.9 Å². The number of hydrogen-bond acceptors (Lipinski definition) is 5. The molecule has 0 fully saturated rings. The smallest absolute Gasteiger partial charge is 0.255 e. The van der Waals surface area contributed by atoms with E-state index in [9.17, 15) is 4.79 Å². The van der Waals surface area contributed by atoms with Crippen molar-refractivity contribution in [1.29, 1.82) is 0 Å². The van der Waals surface area contributed by atoms with Crippen molar-refractivity contribution in [2.75, 3.05) is 26.9 Å². The van der Waals surface area contributed by atoms with Gasteiger partial charge < -0.3 is 19.6 Å². The van der Waals surface area contributed by atoms with Crippen molar-refractivity contribution in [2.45, 2.75) is 33.6 Å². The normalized spacial score (nSPS) is 11.0. The molecule has 0 atom stereocenters. The average molecular weight is 322 g/mol. The Balaban J connectivity index is 2.64. The van der Waals surface area contributed by atoms with Crippen molar-refractivity contribution >= 4 is 11.6 Å². The third-order valence-corrected chi connectivity index (χ3v) is 3.10. The van der Waals surface area contributed by atoms with Gasteiger partial charge in [-0.1, -0.05) is 25.1 Å². The van der Waals surface area contributed by atoms with Crippen LogP contribution in [0.15, 0.2) is 23.4 Å². The minimum Gasteiger partial charge on any atom is -0.493 e. The molecular formula is C17H26N2O4. The van der Waals surface area contributed by atoms with Gasteiger partial charge in [0.05, 0.1) is 31.5 Å². The van der Waals surface area contributed by atoms with E-state index in [0.717, 1.165) is 18.6 Å². The van der Waals surface area contributed by atoms with Gasteiger partial charge in [0.2, 0.25) is 0 Å². The fourth-order valence-electron chi connectivity index (χ4n) is 1.73. The summed E-state index contributed by atoms with van der Waals surface area (Å²) in [5, 5.41) is 6.71. The first kappa shape index (κ1) is 18.8. The molecule has 23 heavy (non-hydrogen) atoms. The van der Waals surface area contributed by atoms with Gasteiger partial charge in [0.15, 0.2) is 11.5 Å². The first-order valence-electron chi connectivity index (χ1n) is 7.87. The molecule has 128 valence electrons. The Kier molecular flexibility index (Phi) is 8.57. The molecule has 0 aromatic heterocycles. The number of rotatable bonds is 10. The fraction of sp³-hybridized carbons (Fsp3) is 0.529. The lowest BCUT2D eigenvalue weighted by Crippen LogP contribution is -2.27. The molecule has 0 aliphatic heterocycles. The molecule has 0 heterocycles. The highest BCUT2D eigenvalue weighted by atomic mass is 16.6. The molecule has 6 heteroatoms. The zero-order valence-corrected chi connectivity index (χ0v) is 14.3. The Morgan fingerprint density at radius 2 is 2.04 bits per heavy atom. The molecule has 0 saturated heterocycles. The van der Waals surface area contributed by atoms with Crippen molar-refractivity contribution in [2.24, 2.45) is 5.16 Å². The van der Waals surface area contributed by atoms with E-state index in [1.807, 2.05) is 20.8 Å². The summed E-state index contributed by atoms with van der Waals surface area (Å²) >= 11 is 0. The van der Waals surface area contributed by atoms with Gasteiger partial charge in [0.1, 0.15) is 6.61 Å². The maximum atomic E-state index is 12.3. The molecule has 1 rings (SSSR count). The molecular weight excluding hydrogens is 296 g/mol. The predicted octanol–water partition coefficient (Wildman–Crippen LogP) is 3.02. The number of nitrogens with one attached hydrogen (secondary N) is 1. The van der Waals surface area contributed by atoms with Crippen molar-refractivity contribution in [3.63, 3.8) is 0 Å². The lowest BCUT2D eigenvalue weighted by atomic mass is 10.1. The van der Waals surface area contributed by atoms with Gasteiger partial charge >= 0.3 is 0 Å². The first-order chi connectivity index (χ1) is 11.1. The Bertz CT molecular complexity index is 529. The van der Waals surface area contributed by atoms with Crippen molar-refractivity contribution in [3.8, 4) is 11.5 Å². The Labute approximate surface area is 137 Å². The molecule has 0 aliphatic rings. The van der Waals surface area contributed by atoms with Crippen LogP contribution in [0.4, 0.5) is 0 Å². The molecule has 0 unspecified atom stereocenters. The zero-order chi connectivity index (χ0) is 17.1. The number of ether oxygens (including phenoxy) is 2. The van der Waals surface area contributed by atoms with E-state index >= 15 is 0 Å². The van der Waals surface area contributed by atoms with Crippen LogP contribution in [0.3, 0.4) is 0 Å². The van der Waals surface area contributed by atoms with E-state index in [1.54, 1.807) is 25.3 Å². The monoisotopic (exact) mass is 322 g/mol. The maximum Gasteiger partial charge on any atom is 0.255 e. The molecule has 1 N–H and O–H groups in total. The average Bonchev–Trinajstić information content (AvgIpc) is 2.58. The number of carbonyl (C=O) groups excluding carboxylic acids is 1. The minimum absolute atomic E-state index is 0.227. The van der Waals surface area contributed by atoms with Crippen LogP contribution in [0.5, 0.6) is 11.5 Å². The lowest BCUT2D eigenvalue weighted by Gasteiger charge is -2.14. The number of oxime groups is 1. The third-order valence-electron chi connectivity index (χ3n) is 3.10. The van der Waals surface area contributed by atoms with Gasteiger partial charge in [-0.3, -0.25) is 4.79 Å². The Morgan fingerprint density at radius 1 is 1.26 bits per heavy atom. The maximum absolute atomic E-state index is 12.3. The molecule has 0 aliphatic carbocycles. The lowest BCUT2D eigenvalue weighted by molar-refractivity contribution is 0.0915. The molecule has 1 aromatic carbocycles. The topological polar surface area (TPSA) is 69.2 Å². The first-order valence-corrected chi connectivity index (χ1v) is 7.87. The number of amides is 1. The van der Waals surface area contributed by atoms with Crippen LogP contribution in [-0.2, 0) is 4.84 Å². The molecule has 1 aromatic rings. The van der Waals surface area contributed by atoms with E-state index in [0.29, 0.717) is 36.8 Å². The van der Waals surface area contributed by atoms with Crippen molar-refractivity contribution in [1.82, 2.24) is 5.32 Å². The SMILES string of the molecule is CCCOc1c(OC)cccc1C(=O)NCCO/N=C(\C)CC. The largest absolute Gasteiger partial charge is 0.493 e. The summed E-state index contributed by atoms with van der Waals surface area (Å²) in [6.07, 6.45) is 1.69.